The molecule has 27 heavy (non-hydrogen) atoms. The van der Waals surface area contributed by atoms with Gasteiger partial charge in [0.25, 0.3) is 0 Å². The van der Waals surface area contributed by atoms with E-state index < -0.39 is 0 Å². The number of rotatable bonds is 5. The second-order valence-electron chi connectivity index (χ2n) is 5.58. The molecule has 4 aromatic rings. The first-order valence-corrected chi connectivity index (χ1v) is 9.28. The minimum Gasteiger partial charge on any atom is -0.300 e. The lowest BCUT2D eigenvalue weighted by molar-refractivity contribution is -0.117. The zero-order valence-electron chi connectivity index (χ0n) is 13.9. The summed E-state index contributed by atoms with van der Waals surface area (Å²) in [5.74, 6) is 0.186. The molecule has 1 amide bonds. The number of halogens is 1. The molecular formula is C18H13ClN6OS. The Hall–Kier alpha value is -3.10. The Morgan fingerprint density at radius 3 is 2.70 bits per heavy atom. The smallest absolute Gasteiger partial charge is 0.249 e. The maximum absolute atomic E-state index is 12.2. The molecule has 0 fully saturated rings. The van der Waals surface area contributed by atoms with Crippen molar-refractivity contribution in [2.75, 3.05) is 5.32 Å². The van der Waals surface area contributed by atoms with Crippen LogP contribution in [-0.2, 0) is 11.3 Å². The SMILES string of the molecule is O=C(Cn1nnc(-c2ccccc2)n1)Nc1nc(-c2ccccc2Cl)cs1. The van der Waals surface area contributed by atoms with Gasteiger partial charge in [-0.15, -0.1) is 21.5 Å². The summed E-state index contributed by atoms with van der Waals surface area (Å²) in [7, 11) is 0. The van der Waals surface area contributed by atoms with E-state index in [-0.39, 0.29) is 12.5 Å². The normalized spacial score (nSPS) is 10.7. The maximum Gasteiger partial charge on any atom is 0.249 e. The van der Waals surface area contributed by atoms with Crippen LogP contribution in [0.1, 0.15) is 0 Å². The molecule has 9 heteroatoms. The molecule has 0 aliphatic carbocycles. The maximum atomic E-state index is 12.2. The highest BCUT2D eigenvalue weighted by atomic mass is 35.5. The van der Waals surface area contributed by atoms with Crippen molar-refractivity contribution < 1.29 is 4.79 Å². The van der Waals surface area contributed by atoms with Crippen LogP contribution in [0.15, 0.2) is 60.0 Å². The minimum atomic E-state index is -0.285. The first kappa shape index (κ1) is 17.3. The van der Waals surface area contributed by atoms with E-state index >= 15 is 0 Å². The second kappa shape index (κ2) is 7.65. The van der Waals surface area contributed by atoms with Gasteiger partial charge in [0.15, 0.2) is 5.13 Å². The van der Waals surface area contributed by atoms with E-state index in [0.717, 1.165) is 11.1 Å². The Bertz CT molecular complexity index is 1080. The second-order valence-corrected chi connectivity index (χ2v) is 6.84. The molecule has 2 heterocycles. The fourth-order valence-electron chi connectivity index (χ4n) is 2.42. The summed E-state index contributed by atoms with van der Waals surface area (Å²) in [4.78, 5) is 17.9. The van der Waals surface area contributed by atoms with E-state index in [0.29, 0.717) is 21.7 Å². The van der Waals surface area contributed by atoms with Crippen molar-refractivity contribution >= 4 is 34.0 Å². The predicted octanol–water partition coefficient (Wildman–Crippen LogP) is 3.76. The molecule has 0 atom stereocenters. The number of hydrogen-bond acceptors (Lipinski definition) is 6. The van der Waals surface area contributed by atoms with Gasteiger partial charge in [-0.2, -0.15) is 4.80 Å². The van der Waals surface area contributed by atoms with Gasteiger partial charge < -0.3 is 5.32 Å². The largest absolute Gasteiger partial charge is 0.300 e. The van der Waals surface area contributed by atoms with Crippen LogP contribution in [0.4, 0.5) is 5.13 Å². The molecule has 0 spiro atoms. The predicted molar refractivity (Wildman–Crippen MR) is 104 cm³/mol. The first-order chi connectivity index (χ1) is 13.2. The van der Waals surface area contributed by atoms with Gasteiger partial charge in [0.05, 0.1) is 5.69 Å². The molecule has 0 radical (unpaired) electrons. The monoisotopic (exact) mass is 396 g/mol. The number of nitrogens with one attached hydrogen (secondary N) is 1. The standard InChI is InChI=1S/C18H13ClN6OS/c19-14-9-5-4-8-13(14)15-11-27-18(20-15)21-16(26)10-25-23-17(22-24-25)12-6-2-1-3-7-12/h1-9,11H,10H2,(H,20,21,26). The number of hydrogen-bond donors (Lipinski definition) is 1. The molecule has 4 rings (SSSR count). The van der Waals surface area contributed by atoms with E-state index in [2.05, 4.69) is 25.7 Å². The van der Waals surface area contributed by atoms with Crippen LogP contribution in [0.25, 0.3) is 22.6 Å². The molecule has 0 bridgehead atoms. The highest BCUT2D eigenvalue weighted by Crippen LogP contribution is 2.30. The lowest BCUT2D eigenvalue weighted by Crippen LogP contribution is -2.20. The van der Waals surface area contributed by atoms with Crippen molar-refractivity contribution in [3.05, 3.63) is 65.0 Å². The van der Waals surface area contributed by atoms with E-state index in [1.807, 2.05) is 53.9 Å². The number of tetrazole rings is 1. The summed E-state index contributed by atoms with van der Waals surface area (Å²) in [5, 5.41) is 17.8. The third-order valence-corrected chi connectivity index (χ3v) is 4.76. The lowest BCUT2D eigenvalue weighted by Gasteiger charge is -2.01. The molecule has 0 aliphatic rings. The zero-order chi connectivity index (χ0) is 18.6. The average Bonchev–Trinajstić information content (AvgIpc) is 3.33. The Kier molecular flexibility index (Phi) is 4.91. The highest BCUT2D eigenvalue weighted by Gasteiger charge is 2.12. The molecule has 0 saturated heterocycles. The van der Waals surface area contributed by atoms with Crippen LogP contribution in [0.5, 0.6) is 0 Å². The fourth-order valence-corrected chi connectivity index (χ4v) is 3.38. The van der Waals surface area contributed by atoms with E-state index in [9.17, 15) is 4.79 Å². The first-order valence-electron chi connectivity index (χ1n) is 8.02. The molecule has 0 unspecified atom stereocenters. The average molecular weight is 397 g/mol. The number of anilines is 1. The molecule has 0 saturated carbocycles. The van der Waals surface area contributed by atoms with Crippen LogP contribution in [-0.4, -0.2) is 31.1 Å². The Balaban J connectivity index is 1.42. The van der Waals surface area contributed by atoms with E-state index in [1.54, 1.807) is 6.07 Å². The van der Waals surface area contributed by atoms with Crippen molar-refractivity contribution in [3.8, 4) is 22.6 Å². The summed E-state index contributed by atoms with van der Waals surface area (Å²) in [5.41, 5.74) is 2.38. The summed E-state index contributed by atoms with van der Waals surface area (Å²) >= 11 is 7.51. The quantitative estimate of drug-likeness (QED) is 0.555. The topological polar surface area (TPSA) is 85.6 Å². The van der Waals surface area contributed by atoms with Crippen LogP contribution in [0, 0.1) is 0 Å². The van der Waals surface area contributed by atoms with Crippen molar-refractivity contribution in [1.82, 2.24) is 25.2 Å². The van der Waals surface area contributed by atoms with Crippen molar-refractivity contribution in [2.24, 2.45) is 0 Å². The summed E-state index contributed by atoms with van der Waals surface area (Å²) < 4.78 is 0. The van der Waals surface area contributed by atoms with E-state index in [1.165, 1.54) is 16.1 Å². The molecule has 134 valence electrons. The molecule has 7 nitrogen and oxygen atoms in total. The van der Waals surface area contributed by atoms with Crippen molar-refractivity contribution in [1.29, 1.82) is 0 Å². The summed E-state index contributed by atoms with van der Waals surface area (Å²) in [6.45, 7) is -0.0547. The van der Waals surface area contributed by atoms with Gasteiger partial charge in [0, 0.05) is 21.5 Å². The van der Waals surface area contributed by atoms with Gasteiger partial charge in [-0.3, -0.25) is 4.79 Å². The van der Waals surface area contributed by atoms with Gasteiger partial charge in [-0.1, -0.05) is 60.1 Å². The van der Waals surface area contributed by atoms with Crippen LogP contribution in [0.3, 0.4) is 0 Å². The van der Waals surface area contributed by atoms with Gasteiger partial charge in [0.2, 0.25) is 11.7 Å². The van der Waals surface area contributed by atoms with Crippen molar-refractivity contribution in [2.45, 2.75) is 6.54 Å². The Morgan fingerprint density at radius 2 is 1.89 bits per heavy atom. The van der Waals surface area contributed by atoms with Gasteiger partial charge in [-0.25, -0.2) is 4.98 Å². The molecule has 0 aliphatic heterocycles. The van der Waals surface area contributed by atoms with Gasteiger partial charge in [-0.05, 0) is 11.3 Å². The number of thiazole rings is 1. The summed E-state index contributed by atoms with van der Waals surface area (Å²) in [6.07, 6.45) is 0. The zero-order valence-corrected chi connectivity index (χ0v) is 15.5. The molecule has 2 aromatic carbocycles. The third-order valence-electron chi connectivity index (χ3n) is 3.67. The highest BCUT2D eigenvalue weighted by molar-refractivity contribution is 7.14. The van der Waals surface area contributed by atoms with E-state index in [4.69, 9.17) is 11.6 Å². The van der Waals surface area contributed by atoms with Gasteiger partial charge in [0.1, 0.15) is 6.54 Å². The number of nitrogens with zero attached hydrogens (tertiary/aromatic N) is 5. The van der Waals surface area contributed by atoms with Crippen LogP contribution >= 0.6 is 22.9 Å². The third kappa shape index (κ3) is 4.02. The number of carbonyl (C=O) groups excluding carboxylic acids is 1. The molecule has 2 aromatic heterocycles. The number of aromatic nitrogens is 5. The lowest BCUT2D eigenvalue weighted by atomic mass is 10.2. The Labute approximate surface area is 163 Å². The number of carbonyl (C=O) groups is 1. The fraction of sp³-hybridized carbons (Fsp3) is 0.0556. The Morgan fingerprint density at radius 1 is 1.11 bits per heavy atom. The summed E-state index contributed by atoms with van der Waals surface area (Å²) in [6, 6.07) is 16.9. The van der Waals surface area contributed by atoms with Crippen molar-refractivity contribution in [3.63, 3.8) is 0 Å². The minimum absolute atomic E-state index is 0.0547. The number of amides is 1. The van der Waals surface area contributed by atoms with Crippen LogP contribution in [0.2, 0.25) is 5.02 Å². The van der Waals surface area contributed by atoms with Gasteiger partial charge >= 0.3 is 0 Å². The van der Waals surface area contributed by atoms with Crippen LogP contribution < -0.4 is 5.32 Å². The molecule has 1 N–H and O–H groups in total. The molecular weight excluding hydrogens is 384 g/mol. The number of benzene rings is 2.